The fourth-order valence-electron chi connectivity index (χ4n) is 4.04. The summed E-state index contributed by atoms with van der Waals surface area (Å²) in [6.07, 6.45) is -7.53. The number of benzene rings is 2. The Bertz CT molecular complexity index is 1670. The molecule has 46 heavy (non-hydrogen) atoms. The van der Waals surface area contributed by atoms with E-state index in [-0.39, 0.29) is 5.91 Å². The molecule has 0 bridgehead atoms. The van der Waals surface area contributed by atoms with E-state index in [4.69, 9.17) is 31.4 Å². The second-order valence-corrected chi connectivity index (χ2v) is 9.99. The minimum atomic E-state index is -5.08. The Balaban J connectivity index is 0.000000345. The first kappa shape index (κ1) is 35.6. The number of H-pyrrole nitrogens is 1. The normalized spacial score (nSPS) is 12.5. The number of nitrogens with zero attached hydrogens (tertiary/aromatic N) is 1. The Morgan fingerprint density at radius 3 is 2.00 bits per heavy atom. The number of carboxylic acids is 2. The molecule has 1 aliphatic rings. The van der Waals surface area contributed by atoms with Crippen LogP contribution in [-0.4, -0.2) is 56.9 Å². The van der Waals surface area contributed by atoms with E-state index in [9.17, 15) is 31.1 Å². The zero-order chi connectivity index (χ0) is 34.1. The number of alkyl halides is 6. The zero-order valence-electron chi connectivity index (χ0n) is 23.5. The lowest BCUT2D eigenvalue weighted by Crippen LogP contribution is -2.31. The number of fused-ring (bicyclic) bond motifs is 1. The van der Waals surface area contributed by atoms with Crippen LogP contribution in [0.25, 0.3) is 22.5 Å². The smallest absolute Gasteiger partial charge is 0.475 e. The second kappa shape index (κ2) is 15.4. The number of nitrogens with one attached hydrogen (secondary N) is 3. The van der Waals surface area contributed by atoms with Gasteiger partial charge in [-0.05, 0) is 47.5 Å². The second-order valence-electron chi connectivity index (χ2n) is 9.55. The Morgan fingerprint density at radius 2 is 1.43 bits per heavy atom. The summed E-state index contributed by atoms with van der Waals surface area (Å²) in [7, 11) is 0. The van der Waals surface area contributed by atoms with Crippen molar-refractivity contribution < 1.29 is 50.9 Å². The van der Waals surface area contributed by atoms with E-state index in [0.717, 1.165) is 63.9 Å². The number of pyridine rings is 1. The number of hydrogen-bond acceptors (Lipinski definition) is 5. The van der Waals surface area contributed by atoms with Crippen molar-refractivity contribution in [2.45, 2.75) is 31.9 Å². The monoisotopic (exact) mass is 670 g/mol. The van der Waals surface area contributed by atoms with Crippen LogP contribution in [0.1, 0.15) is 27.2 Å². The predicted molar refractivity (Wildman–Crippen MR) is 155 cm³/mol. The maximum atomic E-state index is 12.1. The first-order valence-corrected chi connectivity index (χ1v) is 13.5. The first-order valence-electron chi connectivity index (χ1n) is 13.2. The Labute approximate surface area is 262 Å². The highest BCUT2D eigenvalue weighted by atomic mass is 35.5. The highest BCUT2D eigenvalue weighted by molar-refractivity contribution is 6.30. The molecule has 1 aliphatic heterocycles. The Hall–Kier alpha value is -4.89. The van der Waals surface area contributed by atoms with E-state index in [1.807, 2.05) is 36.5 Å². The van der Waals surface area contributed by atoms with Gasteiger partial charge in [0.05, 0.1) is 11.3 Å². The van der Waals surface area contributed by atoms with Gasteiger partial charge in [-0.1, -0.05) is 41.9 Å². The molecule has 16 heteroatoms. The van der Waals surface area contributed by atoms with Crippen LogP contribution >= 0.6 is 11.6 Å². The molecular weight excluding hydrogens is 646 g/mol. The van der Waals surface area contributed by atoms with Crippen molar-refractivity contribution in [1.82, 2.24) is 20.6 Å². The number of aromatic nitrogens is 2. The molecule has 5 N–H and O–H groups in total. The average Bonchev–Trinajstić information content (AvgIpc) is 3.43. The summed E-state index contributed by atoms with van der Waals surface area (Å²) in [6, 6.07) is 22.2. The highest BCUT2D eigenvalue weighted by Gasteiger charge is 2.38. The molecular formula is C30H25ClF6N4O5. The molecule has 0 radical (unpaired) electrons. The SMILES string of the molecule is O=C(O)C(F)(F)F.O=C(O)C(F)(F)F.O=C1NCCc2[nH]c(-c3ccnc(-c4cccc(CNCc5cccc(Cl)c5)c4)c3)cc21. The number of rotatable bonds is 6. The third-order valence-corrected chi connectivity index (χ3v) is 6.37. The van der Waals surface area contributed by atoms with Gasteiger partial charge in [0, 0.05) is 59.8 Å². The molecule has 2 aromatic carbocycles. The van der Waals surface area contributed by atoms with Gasteiger partial charge in [0.15, 0.2) is 0 Å². The summed E-state index contributed by atoms with van der Waals surface area (Å²) in [5.74, 6) is -5.53. The van der Waals surface area contributed by atoms with Gasteiger partial charge in [-0.3, -0.25) is 9.78 Å². The lowest BCUT2D eigenvalue weighted by Gasteiger charge is -2.11. The van der Waals surface area contributed by atoms with E-state index >= 15 is 0 Å². The number of aliphatic carboxylic acids is 2. The summed E-state index contributed by atoms with van der Waals surface area (Å²) in [5, 5.41) is 21.4. The largest absolute Gasteiger partial charge is 0.490 e. The number of aromatic amines is 1. The van der Waals surface area contributed by atoms with Crippen molar-refractivity contribution in [2.24, 2.45) is 0 Å². The van der Waals surface area contributed by atoms with Gasteiger partial charge < -0.3 is 25.8 Å². The first-order chi connectivity index (χ1) is 21.5. The molecule has 244 valence electrons. The van der Waals surface area contributed by atoms with Crippen molar-refractivity contribution in [1.29, 1.82) is 0 Å². The third-order valence-electron chi connectivity index (χ3n) is 6.13. The van der Waals surface area contributed by atoms with Gasteiger partial charge >= 0.3 is 24.3 Å². The van der Waals surface area contributed by atoms with Crippen LogP contribution in [0.2, 0.25) is 5.02 Å². The van der Waals surface area contributed by atoms with Gasteiger partial charge in [0.1, 0.15) is 0 Å². The van der Waals surface area contributed by atoms with E-state index in [1.165, 1.54) is 5.56 Å². The van der Waals surface area contributed by atoms with Crippen molar-refractivity contribution in [3.8, 4) is 22.5 Å². The molecule has 2 aromatic heterocycles. The summed E-state index contributed by atoms with van der Waals surface area (Å²) in [4.78, 5) is 37.9. The Kier molecular flexibility index (Phi) is 11.9. The average molecular weight is 671 g/mol. The van der Waals surface area contributed by atoms with Gasteiger partial charge in [-0.2, -0.15) is 26.3 Å². The van der Waals surface area contributed by atoms with Crippen molar-refractivity contribution in [2.75, 3.05) is 6.54 Å². The van der Waals surface area contributed by atoms with Crippen molar-refractivity contribution in [3.05, 3.63) is 100 Å². The highest BCUT2D eigenvalue weighted by Crippen LogP contribution is 2.27. The summed E-state index contributed by atoms with van der Waals surface area (Å²) in [5.41, 5.74) is 7.98. The maximum absolute atomic E-state index is 12.1. The number of halogens is 7. The molecule has 9 nitrogen and oxygen atoms in total. The standard InChI is InChI=1S/C26H23ClN4O.2C2HF3O2/c27-21-6-2-4-18(12-21)16-28-15-17-3-1-5-19(11-17)24-13-20(7-9-29-24)25-14-22-23(31-25)8-10-30-26(22)32;2*3-2(4,5)1(6)7/h1-7,9,11-14,28,31H,8,10,15-16H2,(H,30,32);2*(H,6,7). The van der Waals surface area contributed by atoms with Crippen LogP contribution in [0.5, 0.6) is 0 Å². The van der Waals surface area contributed by atoms with Crippen LogP contribution < -0.4 is 10.6 Å². The maximum Gasteiger partial charge on any atom is 0.490 e. The molecule has 0 aliphatic carbocycles. The number of carboxylic acid groups (broad SMARTS) is 2. The number of carbonyl (C=O) groups excluding carboxylic acids is 1. The van der Waals surface area contributed by atoms with Crippen LogP contribution in [0.4, 0.5) is 26.3 Å². The molecule has 5 rings (SSSR count). The van der Waals surface area contributed by atoms with Gasteiger partial charge in [0.2, 0.25) is 0 Å². The topological polar surface area (TPSA) is 144 Å². The minimum absolute atomic E-state index is 0.0130. The van der Waals surface area contributed by atoms with E-state index in [0.29, 0.717) is 6.54 Å². The van der Waals surface area contributed by atoms with E-state index < -0.39 is 24.3 Å². The van der Waals surface area contributed by atoms with Crippen LogP contribution in [0.3, 0.4) is 0 Å². The Morgan fingerprint density at radius 1 is 0.848 bits per heavy atom. The third kappa shape index (κ3) is 10.6. The van der Waals surface area contributed by atoms with E-state index in [2.05, 4.69) is 57.0 Å². The molecule has 1 amide bonds. The number of hydrogen-bond donors (Lipinski definition) is 5. The fraction of sp³-hybridized carbons (Fsp3) is 0.200. The molecule has 0 spiro atoms. The fourth-order valence-corrected chi connectivity index (χ4v) is 4.26. The molecule has 3 heterocycles. The molecule has 0 atom stereocenters. The molecule has 0 fully saturated rings. The van der Waals surface area contributed by atoms with Gasteiger partial charge in [0.25, 0.3) is 5.91 Å². The number of amides is 1. The molecule has 4 aromatic rings. The van der Waals surface area contributed by atoms with Crippen LogP contribution in [0, 0.1) is 0 Å². The van der Waals surface area contributed by atoms with Gasteiger partial charge in [-0.25, -0.2) is 9.59 Å². The summed E-state index contributed by atoms with van der Waals surface area (Å²) >= 11 is 6.07. The summed E-state index contributed by atoms with van der Waals surface area (Å²) < 4.78 is 63.5. The van der Waals surface area contributed by atoms with Crippen LogP contribution in [-0.2, 0) is 29.1 Å². The molecule has 0 saturated carbocycles. The molecule has 0 unspecified atom stereocenters. The molecule has 0 saturated heterocycles. The van der Waals surface area contributed by atoms with Gasteiger partial charge in [-0.15, -0.1) is 0 Å². The summed E-state index contributed by atoms with van der Waals surface area (Å²) in [6.45, 7) is 2.17. The quantitative estimate of drug-likeness (QED) is 0.153. The van der Waals surface area contributed by atoms with Crippen LogP contribution in [0.15, 0.2) is 72.9 Å². The van der Waals surface area contributed by atoms with Crippen molar-refractivity contribution in [3.63, 3.8) is 0 Å². The van der Waals surface area contributed by atoms with Crippen molar-refractivity contribution >= 4 is 29.4 Å². The lowest BCUT2D eigenvalue weighted by atomic mass is 10.0. The minimum Gasteiger partial charge on any atom is -0.475 e. The number of carbonyl (C=O) groups is 3. The predicted octanol–water partition coefficient (Wildman–Crippen LogP) is 6.24. The lowest BCUT2D eigenvalue weighted by molar-refractivity contribution is -0.193. The zero-order valence-corrected chi connectivity index (χ0v) is 24.2. The van der Waals surface area contributed by atoms with E-state index in [1.54, 1.807) is 0 Å².